The van der Waals surface area contributed by atoms with Crippen molar-refractivity contribution in [3.8, 4) is 0 Å². The van der Waals surface area contributed by atoms with E-state index in [1.807, 2.05) is 6.92 Å². The first kappa shape index (κ1) is 47.3. The predicted molar refractivity (Wildman–Crippen MR) is 188 cm³/mol. The molecule has 0 aliphatic heterocycles. The summed E-state index contributed by atoms with van der Waals surface area (Å²) in [6.45, 7) is 13.5. The summed E-state index contributed by atoms with van der Waals surface area (Å²) >= 11 is 0. The Kier molecular flexibility index (Phi) is 40.0. The average molecular weight is 643 g/mol. The van der Waals surface area contributed by atoms with Crippen LogP contribution in [0.2, 0.25) is 0 Å². The largest absolute Gasteiger partial charge is 0.469 e. The monoisotopic (exact) mass is 643 g/mol. The maximum atomic E-state index is 12.0. The summed E-state index contributed by atoms with van der Waals surface area (Å²) in [4.78, 5) is 46.0. The van der Waals surface area contributed by atoms with Crippen molar-refractivity contribution in [2.75, 3.05) is 20.8 Å². The number of ether oxygens (including phenoxy) is 2. The number of unbranched alkanes of at least 4 members (excludes halogenated alkanes) is 11. The Hall–Kier alpha value is -2.12. The molecule has 0 aromatic rings. The summed E-state index contributed by atoms with van der Waals surface area (Å²) in [5, 5.41) is 5.70. The molecule has 0 bridgehead atoms. The Morgan fingerprint density at radius 3 is 1.56 bits per heavy atom. The number of ketones is 1. The number of hydrogen-bond donors (Lipinski definition) is 2. The molecule has 45 heavy (non-hydrogen) atoms. The van der Waals surface area contributed by atoms with Crippen LogP contribution in [0.15, 0.2) is 0 Å². The van der Waals surface area contributed by atoms with Crippen LogP contribution < -0.4 is 10.6 Å². The third-order valence-corrected chi connectivity index (χ3v) is 7.66. The lowest BCUT2D eigenvalue weighted by Gasteiger charge is -2.17. The SMILES string of the molecule is CCCCC(=O)C(CCCC)C(=O)NCCC.CCCCC(CCCCCC(=O)OC)NC(=O)OC.CCCCCCCCC. The van der Waals surface area contributed by atoms with Gasteiger partial charge in [0.15, 0.2) is 0 Å². The second-order valence-corrected chi connectivity index (χ2v) is 12.0. The second kappa shape index (κ2) is 38.1. The van der Waals surface area contributed by atoms with Crippen LogP contribution in [0.25, 0.3) is 0 Å². The zero-order valence-electron chi connectivity index (χ0n) is 30.9. The summed E-state index contributed by atoms with van der Waals surface area (Å²) < 4.78 is 9.21. The van der Waals surface area contributed by atoms with Crippen molar-refractivity contribution < 1.29 is 28.7 Å². The first-order valence-corrected chi connectivity index (χ1v) is 18.4. The van der Waals surface area contributed by atoms with Crippen LogP contribution in [0.3, 0.4) is 0 Å². The number of carbonyl (C=O) groups is 4. The predicted octanol–water partition coefficient (Wildman–Crippen LogP) is 9.86. The van der Waals surface area contributed by atoms with Crippen molar-refractivity contribution in [1.82, 2.24) is 10.6 Å². The van der Waals surface area contributed by atoms with Crippen molar-refractivity contribution in [2.24, 2.45) is 5.92 Å². The van der Waals surface area contributed by atoms with Crippen LogP contribution in [0.1, 0.15) is 183 Å². The molecule has 0 heterocycles. The lowest BCUT2D eigenvalue weighted by molar-refractivity contribution is -0.140. The van der Waals surface area contributed by atoms with Crippen molar-refractivity contribution in [2.45, 2.75) is 189 Å². The number of rotatable bonds is 26. The zero-order chi connectivity index (χ0) is 34.6. The third-order valence-electron chi connectivity index (χ3n) is 7.66. The van der Waals surface area contributed by atoms with Crippen LogP contribution in [-0.4, -0.2) is 50.6 Å². The highest BCUT2D eigenvalue weighted by atomic mass is 16.5. The molecule has 0 aromatic carbocycles. The van der Waals surface area contributed by atoms with Gasteiger partial charge in [-0.3, -0.25) is 14.4 Å². The Morgan fingerprint density at radius 1 is 0.533 bits per heavy atom. The molecule has 2 N–H and O–H groups in total. The lowest BCUT2D eigenvalue weighted by atomic mass is 9.93. The van der Waals surface area contributed by atoms with Crippen molar-refractivity contribution in [3.05, 3.63) is 0 Å². The van der Waals surface area contributed by atoms with Gasteiger partial charge in [-0.2, -0.15) is 0 Å². The minimum atomic E-state index is -0.409. The molecule has 0 aliphatic carbocycles. The van der Waals surface area contributed by atoms with E-state index in [2.05, 4.69) is 54.7 Å². The first-order valence-electron chi connectivity index (χ1n) is 18.4. The van der Waals surface area contributed by atoms with E-state index in [0.717, 1.165) is 77.0 Å². The zero-order valence-corrected chi connectivity index (χ0v) is 30.9. The number of nitrogens with one attached hydrogen (secondary N) is 2. The molecule has 0 saturated carbocycles. The molecule has 8 heteroatoms. The number of amides is 2. The van der Waals surface area contributed by atoms with Gasteiger partial charge in [0.25, 0.3) is 0 Å². The van der Waals surface area contributed by atoms with Crippen LogP contribution in [-0.2, 0) is 23.9 Å². The smallest absolute Gasteiger partial charge is 0.407 e. The van der Waals surface area contributed by atoms with Gasteiger partial charge in [-0.1, -0.05) is 131 Å². The minimum absolute atomic E-state index is 0.0681. The van der Waals surface area contributed by atoms with Crippen LogP contribution in [0.5, 0.6) is 0 Å². The summed E-state index contributed by atoms with van der Waals surface area (Å²) in [7, 11) is 2.78. The Bertz CT molecular complexity index is 660. The van der Waals surface area contributed by atoms with E-state index in [1.54, 1.807) is 0 Å². The molecule has 0 spiro atoms. The number of methoxy groups -OCH3 is 2. The van der Waals surface area contributed by atoms with Gasteiger partial charge >= 0.3 is 12.1 Å². The van der Waals surface area contributed by atoms with Gasteiger partial charge in [0.05, 0.1) is 20.1 Å². The topological polar surface area (TPSA) is 111 Å². The molecule has 268 valence electrons. The highest BCUT2D eigenvalue weighted by molar-refractivity contribution is 6.01. The summed E-state index contributed by atoms with van der Waals surface area (Å²) in [6.07, 6.45) is 23.0. The molecule has 0 radical (unpaired) electrons. The highest BCUT2D eigenvalue weighted by Crippen LogP contribution is 2.14. The van der Waals surface area contributed by atoms with Crippen LogP contribution >= 0.6 is 0 Å². The quantitative estimate of drug-likeness (QED) is 0.0552. The molecule has 0 fully saturated rings. The van der Waals surface area contributed by atoms with Crippen molar-refractivity contribution in [3.63, 3.8) is 0 Å². The third kappa shape index (κ3) is 34.6. The van der Waals surface area contributed by atoms with E-state index >= 15 is 0 Å². The Balaban J connectivity index is -0.000000624. The molecular weight excluding hydrogens is 568 g/mol. The number of Topliss-reactive ketones (excluding diaryl/α,β-unsaturated/α-hetero) is 1. The summed E-state index contributed by atoms with van der Waals surface area (Å²) in [5.74, 6) is -0.515. The van der Waals surface area contributed by atoms with E-state index in [1.165, 1.54) is 59.2 Å². The van der Waals surface area contributed by atoms with Gasteiger partial charge in [0, 0.05) is 25.4 Å². The molecule has 2 amide bonds. The van der Waals surface area contributed by atoms with E-state index in [0.29, 0.717) is 25.8 Å². The number of alkyl carbamates (subject to hydrolysis) is 1. The van der Waals surface area contributed by atoms with Gasteiger partial charge in [0.1, 0.15) is 5.78 Å². The fourth-order valence-corrected chi connectivity index (χ4v) is 4.68. The van der Waals surface area contributed by atoms with Crippen molar-refractivity contribution >= 4 is 23.8 Å². The van der Waals surface area contributed by atoms with Gasteiger partial charge in [-0.15, -0.1) is 0 Å². The van der Waals surface area contributed by atoms with E-state index in [4.69, 9.17) is 0 Å². The molecular formula is C37H74N2O6. The standard InChI is InChI=1S/C14H27NO4.C14H27NO2.C9H20/c1-4-5-9-12(15-14(17)19-3)10-7-6-8-11-13(16)18-2;1-4-7-9-12(13(16)10-8-5-2)14(17)15-11-6-3;1-3-5-7-9-8-6-4-2/h12H,4-11H2,1-3H3,(H,15,17);12H,4-11H2,1-3H3,(H,15,17);3-9H2,1-2H3. The average Bonchev–Trinajstić information content (AvgIpc) is 3.05. The maximum Gasteiger partial charge on any atom is 0.407 e. The molecule has 0 saturated heterocycles. The minimum Gasteiger partial charge on any atom is -0.469 e. The van der Waals surface area contributed by atoms with Gasteiger partial charge in [-0.05, 0) is 38.5 Å². The molecule has 8 nitrogen and oxygen atoms in total. The van der Waals surface area contributed by atoms with E-state index in [9.17, 15) is 19.2 Å². The molecule has 2 atom stereocenters. The fourth-order valence-electron chi connectivity index (χ4n) is 4.68. The Labute approximate surface area is 278 Å². The number of carbonyl (C=O) groups excluding carboxylic acids is 4. The second-order valence-electron chi connectivity index (χ2n) is 12.0. The molecule has 0 aliphatic rings. The van der Waals surface area contributed by atoms with Crippen LogP contribution in [0.4, 0.5) is 4.79 Å². The van der Waals surface area contributed by atoms with Gasteiger partial charge < -0.3 is 20.1 Å². The van der Waals surface area contributed by atoms with E-state index in [-0.39, 0.29) is 29.8 Å². The summed E-state index contributed by atoms with van der Waals surface area (Å²) in [5.41, 5.74) is 0. The summed E-state index contributed by atoms with van der Waals surface area (Å²) in [6, 6.07) is 0.172. The fraction of sp³-hybridized carbons (Fsp3) is 0.892. The molecule has 0 rings (SSSR count). The van der Waals surface area contributed by atoms with Crippen molar-refractivity contribution in [1.29, 1.82) is 0 Å². The number of esters is 1. The molecule has 0 aromatic heterocycles. The Morgan fingerprint density at radius 2 is 1.04 bits per heavy atom. The first-order chi connectivity index (χ1) is 21.7. The van der Waals surface area contributed by atoms with Gasteiger partial charge in [0.2, 0.25) is 5.91 Å². The number of hydrogen-bond acceptors (Lipinski definition) is 6. The van der Waals surface area contributed by atoms with Gasteiger partial charge in [-0.25, -0.2) is 4.79 Å². The van der Waals surface area contributed by atoms with E-state index < -0.39 is 5.92 Å². The normalized spacial score (nSPS) is 11.6. The lowest BCUT2D eigenvalue weighted by Crippen LogP contribution is -2.35. The highest BCUT2D eigenvalue weighted by Gasteiger charge is 2.24. The maximum absolute atomic E-state index is 12.0. The van der Waals surface area contributed by atoms with Crippen LogP contribution in [0, 0.1) is 5.92 Å². The molecule has 2 unspecified atom stereocenters.